The molecule has 2 rings (SSSR count). The second-order valence-electron chi connectivity index (χ2n) is 4.17. The molecule has 7 heteroatoms. The highest BCUT2D eigenvalue weighted by atomic mass is 35.5. The van der Waals surface area contributed by atoms with Crippen LogP contribution in [0, 0.1) is 0 Å². The van der Waals surface area contributed by atoms with E-state index in [2.05, 4.69) is 5.32 Å². The highest BCUT2D eigenvalue weighted by molar-refractivity contribution is 7.89. The number of nitrogens with two attached hydrogens (primary N) is 1. The van der Waals surface area contributed by atoms with Gasteiger partial charge in [-0.05, 0) is 24.3 Å². The second kappa shape index (κ2) is 5.70. The van der Waals surface area contributed by atoms with Gasteiger partial charge in [0.1, 0.15) is 5.75 Å². The molecule has 5 nitrogen and oxygen atoms in total. The number of sulfonamides is 1. The van der Waals surface area contributed by atoms with E-state index < -0.39 is 10.0 Å². The molecule has 0 bridgehead atoms. The Labute approximate surface area is 122 Å². The average Bonchev–Trinajstić information content (AvgIpc) is 2.40. The largest absolute Gasteiger partial charge is 0.506 e. The molecule has 0 aromatic heterocycles. The zero-order valence-electron chi connectivity index (χ0n) is 10.4. The van der Waals surface area contributed by atoms with Crippen molar-refractivity contribution in [3.8, 4) is 5.75 Å². The molecular formula is C13H13ClN2O3S. The monoisotopic (exact) mass is 312 g/mol. The highest BCUT2D eigenvalue weighted by Gasteiger charge is 2.09. The van der Waals surface area contributed by atoms with E-state index in [0.717, 1.165) is 0 Å². The van der Waals surface area contributed by atoms with Crippen molar-refractivity contribution in [3.05, 3.63) is 53.1 Å². The molecule has 20 heavy (non-hydrogen) atoms. The Morgan fingerprint density at radius 1 is 1.20 bits per heavy atom. The molecule has 0 aliphatic rings. The van der Waals surface area contributed by atoms with Gasteiger partial charge in [0.2, 0.25) is 10.0 Å². The molecule has 2 aromatic carbocycles. The Kier molecular flexibility index (Phi) is 4.17. The van der Waals surface area contributed by atoms with Crippen LogP contribution in [0.2, 0.25) is 5.02 Å². The summed E-state index contributed by atoms with van der Waals surface area (Å²) in [5, 5.41) is 18.1. The Bertz CT molecular complexity index is 732. The van der Waals surface area contributed by atoms with Crippen molar-refractivity contribution in [1.82, 2.24) is 0 Å². The predicted molar refractivity (Wildman–Crippen MR) is 78.3 cm³/mol. The first-order valence-corrected chi connectivity index (χ1v) is 7.63. The van der Waals surface area contributed by atoms with Gasteiger partial charge in [0.25, 0.3) is 0 Å². The molecule has 0 saturated carbocycles. The summed E-state index contributed by atoms with van der Waals surface area (Å²) in [5.41, 5.74) is 1.19. The summed E-state index contributed by atoms with van der Waals surface area (Å²) < 4.78 is 22.5. The maximum atomic E-state index is 11.3. The van der Waals surface area contributed by atoms with E-state index in [-0.39, 0.29) is 15.7 Å². The molecule has 0 fully saturated rings. The molecule has 0 aliphatic heterocycles. The minimum atomic E-state index is -3.73. The van der Waals surface area contributed by atoms with Gasteiger partial charge in [-0.15, -0.1) is 0 Å². The van der Waals surface area contributed by atoms with Crippen LogP contribution in [0.4, 0.5) is 5.69 Å². The Morgan fingerprint density at radius 3 is 2.60 bits per heavy atom. The summed E-state index contributed by atoms with van der Waals surface area (Å²) in [6.07, 6.45) is 0. The second-order valence-corrected chi connectivity index (χ2v) is 6.14. The minimum absolute atomic E-state index is 0.00395. The Hall–Kier alpha value is -1.76. The zero-order valence-corrected chi connectivity index (χ0v) is 11.9. The van der Waals surface area contributed by atoms with E-state index in [1.807, 2.05) is 0 Å². The fourth-order valence-corrected chi connectivity index (χ4v) is 2.44. The van der Waals surface area contributed by atoms with E-state index >= 15 is 0 Å². The third-order valence-corrected chi connectivity index (χ3v) is 3.93. The molecule has 0 atom stereocenters. The summed E-state index contributed by atoms with van der Waals surface area (Å²) in [6, 6.07) is 11.2. The average molecular weight is 313 g/mol. The molecule has 106 valence electrons. The van der Waals surface area contributed by atoms with Gasteiger partial charge >= 0.3 is 0 Å². The van der Waals surface area contributed by atoms with Crippen LogP contribution in [0.25, 0.3) is 0 Å². The Morgan fingerprint density at radius 2 is 1.90 bits per heavy atom. The molecular weight excluding hydrogens is 300 g/mol. The summed E-state index contributed by atoms with van der Waals surface area (Å²) in [5.74, 6) is 0.00395. The number of aromatic hydroxyl groups is 1. The molecule has 0 saturated heterocycles. The summed E-state index contributed by atoms with van der Waals surface area (Å²) in [6.45, 7) is 0.306. The topological polar surface area (TPSA) is 92.4 Å². The van der Waals surface area contributed by atoms with Crippen LogP contribution < -0.4 is 10.5 Å². The van der Waals surface area contributed by atoms with E-state index in [1.54, 1.807) is 30.3 Å². The van der Waals surface area contributed by atoms with Crippen molar-refractivity contribution >= 4 is 27.3 Å². The molecule has 0 unspecified atom stereocenters. The molecule has 0 aliphatic carbocycles. The van der Waals surface area contributed by atoms with Crippen molar-refractivity contribution in [1.29, 1.82) is 0 Å². The number of anilines is 1. The van der Waals surface area contributed by atoms with Crippen molar-refractivity contribution in [2.24, 2.45) is 5.14 Å². The van der Waals surface area contributed by atoms with Gasteiger partial charge in [-0.25, -0.2) is 13.6 Å². The lowest BCUT2D eigenvalue weighted by molar-refractivity contribution is 0.469. The van der Waals surface area contributed by atoms with Crippen molar-refractivity contribution in [2.75, 3.05) is 5.32 Å². The van der Waals surface area contributed by atoms with Crippen LogP contribution in [0.5, 0.6) is 5.75 Å². The fraction of sp³-hybridized carbons (Fsp3) is 0.0769. The third-order valence-electron chi connectivity index (χ3n) is 2.72. The first kappa shape index (κ1) is 14.6. The molecule has 2 aromatic rings. The number of hydrogen-bond acceptors (Lipinski definition) is 4. The smallest absolute Gasteiger partial charge is 0.238 e. The van der Waals surface area contributed by atoms with E-state index in [9.17, 15) is 13.5 Å². The standard InChI is InChI=1S/C13H13ClN2O3S/c14-12-6-1-3-9(13(12)17)8-16-10-4-2-5-11(7-10)20(15,18)19/h1-7,16-17H,8H2,(H2,15,18,19). The van der Waals surface area contributed by atoms with Gasteiger partial charge in [0, 0.05) is 17.8 Å². The van der Waals surface area contributed by atoms with Gasteiger partial charge in [0.05, 0.1) is 9.92 Å². The number of nitrogens with one attached hydrogen (secondary N) is 1. The summed E-state index contributed by atoms with van der Waals surface area (Å²) >= 11 is 5.81. The number of hydrogen-bond donors (Lipinski definition) is 3. The number of phenols is 1. The quantitative estimate of drug-likeness (QED) is 0.807. The van der Waals surface area contributed by atoms with Crippen molar-refractivity contribution in [2.45, 2.75) is 11.4 Å². The zero-order chi connectivity index (χ0) is 14.8. The number of rotatable bonds is 4. The molecule has 0 heterocycles. The van der Waals surface area contributed by atoms with Crippen LogP contribution in [-0.4, -0.2) is 13.5 Å². The van der Waals surface area contributed by atoms with Crippen LogP contribution in [0.15, 0.2) is 47.4 Å². The van der Waals surface area contributed by atoms with Gasteiger partial charge in [0.15, 0.2) is 0 Å². The minimum Gasteiger partial charge on any atom is -0.506 e. The molecule has 0 spiro atoms. The van der Waals surface area contributed by atoms with E-state index in [1.165, 1.54) is 12.1 Å². The van der Waals surface area contributed by atoms with Crippen molar-refractivity contribution < 1.29 is 13.5 Å². The SMILES string of the molecule is NS(=O)(=O)c1cccc(NCc2cccc(Cl)c2O)c1. The van der Waals surface area contributed by atoms with Gasteiger partial charge < -0.3 is 10.4 Å². The summed E-state index contributed by atoms with van der Waals surface area (Å²) in [4.78, 5) is 0.0258. The molecule has 0 radical (unpaired) electrons. The van der Waals surface area contributed by atoms with Crippen LogP contribution in [-0.2, 0) is 16.6 Å². The van der Waals surface area contributed by atoms with Crippen LogP contribution >= 0.6 is 11.6 Å². The first-order valence-electron chi connectivity index (χ1n) is 5.71. The number of halogens is 1. The third kappa shape index (κ3) is 3.41. The van der Waals surface area contributed by atoms with E-state index in [4.69, 9.17) is 16.7 Å². The first-order chi connectivity index (χ1) is 9.38. The normalized spacial score (nSPS) is 11.3. The molecule has 4 N–H and O–H groups in total. The number of benzene rings is 2. The van der Waals surface area contributed by atoms with E-state index in [0.29, 0.717) is 17.8 Å². The van der Waals surface area contributed by atoms with Crippen LogP contribution in [0.3, 0.4) is 0 Å². The fourth-order valence-electron chi connectivity index (χ4n) is 1.68. The number of para-hydroxylation sites is 1. The van der Waals surface area contributed by atoms with Gasteiger partial charge in [-0.3, -0.25) is 0 Å². The van der Waals surface area contributed by atoms with Crippen LogP contribution in [0.1, 0.15) is 5.56 Å². The molecule has 0 amide bonds. The lowest BCUT2D eigenvalue weighted by Crippen LogP contribution is -2.12. The van der Waals surface area contributed by atoms with Crippen molar-refractivity contribution in [3.63, 3.8) is 0 Å². The highest BCUT2D eigenvalue weighted by Crippen LogP contribution is 2.27. The lowest BCUT2D eigenvalue weighted by atomic mass is 10.2. The van der Waals surface area contributed by atoms with Gasteiger partial charge in [-0.2, -0.15) is 0 Å². The predicted octanol–water partition coefficient (Wildman–Crippen LogP) is 2.31. The summed E-state index contributed by atoms with van der Waals surface area (Å²) in [7, 11) is -3.73. The maximum absolute atomic E-state index is 11.3. The number of primary sulfonamides is 1. The maximum Gasteiger partial charge on any atom is 0.238 e. The Balaban J connectivity index is 2.18. The van der Waals surface area contributed by atoms with Gasteiger partial charge in [-0.1, -0.05) is 29.8 Å². The number of phenolic OH excluding ortho intramolecular Hbond substituents is 1. The lowest BCUT2D eigenvalue weighted by Gasteiger charge is -2.10.